The number of rotatable bonds is 13. The van der Waals surface area contributed by atoms with Crippen LogP contribution in [-0.2, 0) is 21.7 Å². The van der Waals surface area contributed by atoms with Gasteiger partial charge in [0.2, 0.25) is 0 Å². The minimum atomic E-state index is -0.598. The van der Waals surface area contributed by atoms with Crippen LogP contribution in [0.3, 0.4) is 0 Å². The average Bonchev–Trinajstić information content (AvgIpc) is 1.53. The van der Waals surface area contributed by atoms with Gasteiger partial charge in [0.1, 0.15) is 22.3 Å². The molecule has 0 atom stereocenters. The Morgan fingerprint density at radius 1 is 0.221 bits per heavy atom. The van der Waals surface area contributed by atoms with Gasteiger partial charge >= 0.3 is 0 Å². The molecule has 0 fully saturated rings. The van der Waals surface area contributed by atoms with E-state index in [0.29, 0.717) is 0 Å². The Kier molecular flexibility index (Phi) is 15.7. The molecule has 0 N–H and O–H groups in total. The Morgan fingerprint density at radius 2 is 0.623 bits per heavy atom. The van der Waals surface area contributed by atoms with Crippen molar-refractivity contribution in [3.63, 3.8) is 0 Å². The molecule has 4 aliphatic carbocycles. The van der Waals surface area contributed by atoms with E-state index >= 15 is 0 Å². The molecular formula is C118H84N2O2. The largest absolute Gasteiger partial charge is 0.455 e. The zero-order valence-corrected chi connectivity index (χ0v) is 68.8. The SMILES string of the molecule is Cc1cc(N(c2ccc3c(c2)C(C)(C)c2ccc(-c4ccc(-c5ccc(N(c6ccc7c(c6)C(C)(C)c6ccccc6-7)c6cccc7c6-c6ccccc6C7(c6ccccc6)c6ccccc6)c(C)c5)c5oc6ccccc6c45)cc2-3)c2cccc3c2-c2ccccc2C3(c2ccccc2)c2ccccc2)ccc1-c1cccc2c1oc1ccccc12. The average molecular weight is 1560 g/mol. The summed E-state index contributed by atoms with van der Waals surface area (Å²) >= 11 is 0. The molecule has 0 aliphatic heterocycles. The maximum Gasteiger partial charge on any atom is 0.143 e. The number of fused-ring (bicyclic) bond motifs is 18. The van der Waals surface area contributed by atoms with E-state index in [9.17, 15) is 0 Å². The van der Waals surface area contributed by atoms with Crippen LogP contribution in [0.15, 0.2) is 409 Å². The van der Waals surface area contributed by atoms with Crippen LogP contribution in [0.1, 0.15) is 106 Å². The first-order chi connectivity index (χ1) is 59.9. The molecule has 18 aromatic carbocycles. The van der Waals surface area contributed by atoms with E-state index in [0.717, 1.165) is 123 Å². The van der Waals surface area contributed by atoms with Gasteiger partial charge in [-0.15, -0.1) is 0 Å². The van der Waals surface area contributed by atoms with Gasteiger partial charge in [-0.2, -0.15) is 0 Å². The van der Waals surface area contributed by atoms with Crippen LogP contribution in [0.2, 0.25) is 0 Å². The molecule has 20 aromatic rings. The topological polar surface area (TPSA) is 32.8 Å². The number of hydrogen-bond donors (Lipinski definition) is 0. The summed E-state index contributed by atoms with van der Waals surface area (Å²) < 4.78 is 14.0. The van der Waals surface area contributed by atoms with Crippen molar-refractivity contribution in [2.24, 2.45) is 0 Å². The van der Waals surface area contributed by atoms with Crippen LogP contribution in [0.5, 0.6) is 0 Å². The Hall–Kier alpha value is -14.8. The third-order valence-electron chi connectivity index (χ3n) is 27.9. The smallest absolute Gasteiger partial charge is 0.143 e. The van der Waals surface area contributed by atoms with Gasteiger partial charge in [0.25, 0.3) is 0 Å². The highest BCUT2D eigenvalue weighted by atomic mass is 16.3. The summed E-state index contributed by atoms with van der Waals surface area (Å²) in [5.74, 6) is 0. The van der Waals surface area contributed by atoms with E-state index in [4.69, 9.17) is 8.83 Å². The normalized spacial score (nSPS) is 14.2. The highest BCUT2D eigenvalue weighted by Gasteiger charge is 2.50. The predicted molar refractivity (Wildman–Crippen MR) is 506 cm³/mol. The summed E-state index contributed by atoms with van der Waals surface area (Å²) in [7, 11) is 0. The van der Waals surface area contributed by atoms with Gasteiger partial charge < -0.3 is 18.6 Å². The molecule has 4 nitrogen and oxygen atoms in total. The summed E-state index contributed by atoms with van der Waals surface area (Å²) in [5, 5.41) is 4.42. The Bertz CT molecular complexity index is 7650. The highest BCUT2D eigenvalue weighted by molar-refractivity contribution is 6.17. The van der Waals surface area contributed by atoms with E-state index in [2.05, 4.69) is 452 Å². The standard InChI is InChI=1S/C118H84N2O2/c1-73-69-81(58-61-84(73)91-45-29-46-92-90-41-22-27-54-108(90)121-113(91)92)119(106-52-30-50-101-111(106)93-42-20-25-48-99(93)117(101,77-32-11-7-12-33-77)78-34-13-8-14-35-78)82-59-63-89-96-70-76(56-66-98(96)116(5,6)104(89)71-82)85-64-65-86(114-110(85)95-44-23-28-55-109(95)122-114)75-57-67-105(74(2)68-75)120(83-60-62-88-87-40-19-24-47-97(87)115(3,4)103(88)72-83)107-53-31-51-102-112(107)94-43-21-26-49-100(94)118(102,79-36-15-9-16-37-79)80-38-17-10-18-39-80/h7-72H,1-6H3. The lowest BCUT2D eigenvalue weighted by Crippen LogP contribution is -2.28. The summed E-state index contributed by atoms with van der Waals surface area (Å²) in [4.78, 5) is 5.10. The fourth-order valence-electron chi connectivity index (χ4n) is 22.5. The zero-order valence-electron chi connectivity index (χ0n) is 68.8. The number of nitrogens with zero attached hydrogens (tertiary/aromatic N) is 2. The van der Waals surface area contributed by atoms with Gasteiger partial charge in [-0.25, -0.2) is 0 Å². The molecular weight excluding hydrogens is 1480 g/mol. The van der Waals surface area contributed by atoms with Crippen LogP contribution >= 0.6 is 0 Å². The molecule has 0 bridgehead atoms. The van der Waals surface area contributed by atoms with E-state index in [-0.39, 0.29) is 10.8 Å². The fourth-order valence-corrected chi connectivity index (χ4v) is 22.5. The Morgan fingerprint density at radius 3 is 1.20 bits per heavy atom. The van der Waals surface area contributed by atoms with Gasteiger partial charge in [0.15, 0.2) is 0 Å². The molecule has 2 heterocycles. The summed E-state index contributed by atoms with van der Waals surface area (Å²) in [6.45, 7) is 14.1. The van der Waals surface area contributed by atoms with Crippen molar-refractivity contribution >= 4 is 78.0 Å². The van der Waals surface area contributed by atoms with Crippen LogP contribution in [0.25, 0.3) is 122 Å². The fraction of sp³-hybridized carbons (Fsp3) is 0.0847. The lowest BCUT2D eigenvalue weighted by atomic mass is 9.68. The first kappa shape index (κ1) is 71.3. The lowest BCUT2D eigenvalue weighted by Gasteiger charge is -2.35. The molecule has 4 heteroatoms. The minimum absolute atomic E-state index is 0.225. The number of hydrogen-bond acceptors (Lipinski definition) is 4. The van der Waals surface area contributed by atoms with Crippen LogP contribution in [0.4, 0.5) is 34.1 Å². The number of para-hydroxylation sites is 3. The zero-order chi connectivity index (χ0) is 81.5. The van der Waals surface area contributed by atoms with Crippen molar-refractivity contribution in [2.75, 3.05) is 9.80 Å². The molecule has 0 radical (unpaired) electrons. The molecule has 578 valence electrons. The van der Waals surface area contributed by atoms with E-state index in [1.165, 1.54) is 111 Å². The number of aryl methyl sites for hydroxylation is 2. The number of anilines is 6. The molecule has 0 saturated carbocycles. The van der Waals surface area contributed by atoms with Crippen LogP contribution in [0, 0.1) is 13.8 Å². The molecule has 122 heavy (non-hydrogen) atoms. The van der Waals surface area contributed by atoms with Crippen molar-refractivity contribution in [1.82, 2.24) is 0 Å². The Labute approximate surface area is 711 Å². The summed E-state index contributed by atoms with van der Waals surface area (Å²) in [6.07, 6.45) is 0. The minimum Gasteiger partial charge on any atom is -0.455 e. The molecule has 2 aromatic heterocycles. The second-order valence-electron chi connectivity index (χ2n) is 34.9. The van der Waals surface area contributed by atoms with Gasteiger partial charge in [-0.1, -0.05) is 343 Å². The monoisotopic (exact) mass is 1560 g/mol. The molecule has 0 unspecified atom stereocenters. The molecule has 0 amide bonds. The second-order valence-corrected chi connectivity index (χ2v) is 34.9. The first-order valence-corrected chi connectivity index (χ1v) is 42.8. The quantitative estimate of drug-likeness (QED) is 0.115. The van der Waals surface area contributed by atoms with E-state index in [1.54, 1.807) is 0 Å². The molecule has 0 spiro atoms. The van der Waals surface area contributed by atoms with E-state index in [1.807, 2.05) is 0 Å². The molecule has 24 rings (SSSR count). The Balaban J connectivity index is 0.644. The van der Waals surface area contributed by atoms with Crippen molar-refractivity contribution < 1.29 is 8.83 Å². The van der Waals surface area contributed by atoms with E-state index < -0.39 is 10.8 Å². The predicted octanol–water partition coefficient (Wildman–Crippen LogP) is 31.4. The molecule has 0 saturated heterocycles. The number of benzene rings is 18. The highest BCUT2D eigenvalue weighted by Crippen LogP contribution is 2.64. The van der Waals surface area contributed by atoms with Gasteiger partial charge in [0.05, 0.1) is 22.2 Å². The third-order valence-corrected chi connectivity index (χ3v) is 27.9. The number of furan rings is 2. The van der Waals surface area contributed by atoms with Crippen molar-refractivity contribution in [3.8, 4) is 77.9 Å². The summed E-state index contributed by atoms with van der Waals surface area (Å²) in [5.41, 5.74) is 42.4. The third kappa shape index (κ3) is 10.1. The van der Waals surface area contributed by atoms with Gasteiger partial charge in [-0.3, -0.25) is 0 Å². The van der Waals surface area contributed by atoms with Crippen molar-refractivity contribution in [3.05, 3.63) is 478 Å². The lowest BCUT2D eigenvalue weighted by molar-refractivity contribution is 0.660. The maximum atomic E-state index is 7.26. The maximum absolute atomic E-state index is 7.26. The van der Waals surface area contributed by atoms with Crippen LogP contribution in [-0.4, -0.2) is 0 Å². The van der Waals surface area contributed by atoms with Crippen LogP contribution < -0.4 is 9.80 Å². The summed E-state index contributed by atoms with van der Waals surface area (Å²) in [6, 6.07) is 150. The second kappa shape index (κ2) is 26.8. The first-order valence-electron chi connectivity index (χ1n) is 42.8. The van der Waals surface area contributed by atoms with Crippen molar-refractivity contribution in [2.45, 2.75) is 63.2 Å². The van der Waals surface area contributed by atoms with Crippen molar-refractivity contribution in [1.29, 1.82) is 0 Å². The molecule has 4 aliphatic rings. The van der Waals surface area contributed by atoms with Gasteiger partial charge in [0, 0.05) is 77.4 Å². The van der Waals surface area contributed by atoms with Gasteiger partial charge in [-0.05, 0) is 232 Å².